The summed E-state index contributed by atoms with van der Waals surface area (Å²) < 4.78 is 5.46. The largest absolute Gasteiger partial charge is 0.384 e. The number of hydrogen-bond acceptors (Lipinski definition) is 5. The molecule has 0 bridgehead atoms. The van der Waals surface area contributed by atoms with Crippen LogP contribution in [0.1, 0.15) is 23.3 Å². The Balaban J connectivity index is 1.46. The second-order valence-electron chi connectivity index (χ2n) is 5.92. The van der Waals surface area contributed by atoms with Gasteiger partial charge in [-0.05, 0) is 18.9 Å². The molecule has 22 heavy (non-hydrogen) atoms. The van der Waals surface area contributed by atoms with Crippen molar-refractivity contribution in [3.63, 3.8) is 0 Å². The molecule has 0 amide bonds. The first-order valence-electron chi connectivity index (χ1n) is 8.06. The molecule has 2 fully saturated rings. The lowest BCUT2D eigenvalue weighted by Crippen LogP contribution is -2.51. The van der Waals surface area contributed by atoms with Crippen molar-refractivity contribution in [2.45, 2.75) is 25.4 Å². The van der Waals surface area contributed by atoms with E-state index < -0.39 is 0 Å². The third kappa shape index (κ3) is 4.31. The molecule has 1 N–H and O–H groups in total. The van der Waals surface area contributed by atoms with E-state index in [-0.39, 0.29) is 6.61 Å². The van der Waals surface area contributed by atoms with Crippen molar-refractivity contribution in [3.8, 4) is 11.8 Å². The molecule has 120 valence electrons. The first-order chi connectivity index (χ1) is 10.8. The minimum Gasteiger partial charge on any atom is -0.384 e. The molecule has 4 nitrogen and oxygen atoms in total. The first-order valence-corrected chi connectivity index (χ1v) is 8.94. The monoisotopic (exact) mass is 320 g/mol. The van der Waals surface area contributed by atoms with Crippen LogP contribution in [0.15, 0.2) is 11.4 Å². The van der Waals surface area contributed by atoms with Crippen molar-refractivity contribution in [2.24, 2.45) is 0 Å². The molecule has 1 aromatic rings. The molecule has 0 aromatic carbocycles. The molecule has 5 heteroatoms. The molecule has 3 rings (SSSR count). The van der Waals surface area contributed by atoms with Gasteiger partial charge in [0.15, 0.2) is 0 Å². The van der Waals surface area contributed by atoms with Crippen LogP contribution in [0.2, 0.25) is 0 Å². The number of ether oxygens (including phenoxy) is 1. The van der Waals surface area contributed by atoms with Crippen LogP contribution in [0.3, 0.4) is 0 Å². The summed E-state index contributed by atoms with van der Waals surface area (Å²) in [6.45, 7) is 7.45. The SMILES string of the molecule is OCC#Cc1csc(CN2CCN(C3CCOCC3)CC2)c1. The molecule has 3 heterocycles. The predicted octanol–water partition coefficient (Wildman–Crippen LogP) is 1.39. The van der Waals surface area contributed by atoms with Gasteiger partial charge >= 0.3 is 0 Å². The van der Waals surface area contributed by atoms with Crippen molar-refractivity contribution < 1.29 is 9.84 Å². The Morgan fingerprint density at radius 3 is 2.73 bits per heavy atom. The highest BCUT2D eigenvalue weighted by molar-refractivity contribution is 7.10. The Kier molecular flexibility index (Phi) is 5.88. The maximum absolute atomic E-state index is 8.74. The van der Waals surface area contributed by atoms with Crippen LogP contribution in [0, 0.1) is 11.8 Å². The lowest BCUT2D eigenvalue weighted by Gasteiger charge is -2.40. The van der Waals surface area contributed by atoms with Gasteiger partial charge in [-0.2, -0.15) is 0 Å². The zero-order chi connectivity index (χ0) is 15.2. The lowest BCUT2D eigenvalue weighted by atomic mass is 10.1. The number of piperazine rings is 1. The summed E-state index contributed by atoms with van der Waals surface area (Å²) in [6.07, 6.45) is 2.38. The van der Waals surface area contributed by atoms with Gasteiger partial charge in [0, 0.05) is 67.8 Å². The average Bonchev–Trinajstić information content (AvgIpc) is 3.02. The number of nitrogens with zero attached hydrogens (tertiary/aromatic N) is 2. The summed E-state index contributed by atoms with van der Waals surface area (Å²) in [5, 5.41) is 10.8. The van der Waals surface area contributed by atoms with Gasteiger partial charge in [-0.25, -0.2) is 0 Å². The molecule has 0 atom stereocenters. The predicted molar refractivity (Wildman–Crippen MR) is 89.0 cm³/mol. The Morgan fingerprint density at radius 2 is 2.00 bits per heavy atom. The molecule has 0 spiro atoms. The fourth-order valence-electron chi connectivity index (χ4n) is 3.23. The fourth-order valence-corrected chi connectivity index (χ4v) is 4.09. The van der Waals surface area contributed by atoms with Crippen LogP contribution in [0.4, 0.5) is 0 Å². The van der Waals surface area contributed by atoms with Gasteiger partial charge in [0.1, 0.15) is 6.61 Å². The van der Waals surface area contributed by atoms with Crippen LogP contribution < -0.4 is 0 Å². The number of hydrogen-bond donors (Lipinski definition) is 1. The Labute approximate surface area is 136 Å². The number of aliphatic hydroxyl groups is 1. The van der Waals surface area contributed by atoms with Crippen molar-refractivity contribution in [3.05, 3.63) is 21.9 Å². The average molecular weight is 320 g/mol. The van der Waals surface area contributed by atoms with Crippen molar-refractivity contribution in [1.29, 1.82) is 0 Å². The van der Waals surface area contributed by atoms with E-state index in [9.17, 15) is 0 Å². The number of rotatable bonds is 3. The molecule has 2 aliphatic rings. The van der Waals surface area contributed by atoms with Gasteiger partial charge in [0.2, 0.25) is 0 Å². The summed E-state index contributed by atoms with van der Waals surface area (Å²) in [7, 11) is 0. The standard InChI is InChI=1S/C17H24N2O2S/c20-9-1-2-15-12-17(22-14-15)13-18-5-7-19(8-6-18)16-3-10-21-11-4-16/h12,14,16,20H,3-11,13H2. The smallest absolute Gasteiger partial charge is 0.104 e. The molecule has 0 radical (unpaired) electrons. The van der Waals surface area contributed by atoms with Gasteiger partial charge in [-0.3, -0.25) is 9.80 Å². The molecular formula is C17H24N2O2S. The molecule has 0 saturated carbocycles. The van der Waals surface area contributed by atoms with Crippen molar-refractivity contribution in [2.75, 3.05) is 46.0 Å². The summed E-state index contributed by atoms with van der Waals surface area (Å²) in [5.74, 6) is 5.68. The van der Waals surface area contributed by atoms with E-state index in [0.717, 1.165) is 44.5 Å². The van der Waals surface area contributed by atoms with Crippen LogP contribution in [-0.2, 0) is 11.3 Å². The van der Waals surface area contributed by atoms with E-state index >= 15 is 0 Å². The van der Waals surface area contributed by atoms with E-state index in [2.05, 4.69) is 33.1 Å². The van der Waals surface area contributed by atoms with E-state index in [1.807, 2.05) is 0 Å². The van der Waals surface area contributed by atoms with Crippen molar-refractivity contribution in [1.82, 2.24) is 9.80 Å². The van der Waals surface area contributed by atoms with Gasteiger partial charge in [0.05, 0.1) is 0 Å². The first kappa shape index (κ1) is 16.0. The molecule has 1 aromatic heterocycles. The molecule has 0 aliphatic carbocycles. The highest BCUT2D eigenvalue weighted by Gasteiger charge is 2.25. The Hall–Kier alpha value is -0.900. The third-order valence-electron chi connectivity index (χ3n) is 4.46. The molecule has 0 unspecified atom stereocenters. The normalized spacial score (nSPS) is 21.5. The number of thiophene rings is 1. The molecular weight excluding hydrogens is 296 g/mol. The van der Waals surface area contributed by atoms with Crippen LogP contribution >= 0.6 is 11.3 Å². The summed E-state index contributed by atoms with van der Waals surface area (Å²) in [6, 6.07) is 2.89. The van der Waals surface area contributed by atoms with Crippen molar-refractivity contribution >= 4 is 11.3 Å². The van der Waals surface area contributed by atoms with Crippen LogP contribution in [0.5, 0.6) is 0 Å². The summed E-state index contributed by atoms with van der Waals surface area (Å²) in [4.78, 5) is 6.54. The van der Waals surface area contributed by atoms with E-state index in [1.165, 1.54) is 30.8 Å². The van der Waals surface area contributed by atoms with E-state index in [4.69, 9.17) is 9.84 Å². The highest BCUT2D eigenvalue weighted by atomic mass is 32.1. The van der Waals surface area contributed by atoms with Gasteiger partial charge in [0.25, 0.3) is 0 Å². The quantitative estimate of drug-likeness (QED) is 0.854. The van der Waals surface area contributed by atoms with E-state index in [0.29, 0.717) is 0 Å². The lowest BCUT2D eigenvalue weighted by molar-refractivity contribution is 0.0127. The second-order valence-corrected chi connectivity index (χ2v) is 6.91. The maximum Gasteiger partial charge on any atom is 0.104 e. The van der Waals surface area contributed by atoms with Crippen LogP contribution in [0.25, 0.3) is 0 Å². The van der Waals surface area contributed by atoms with Crippen LogP contribution in [-0.4, -0.2) is 66.9 Å². The van der Waals surface area contributed by atoms with Gasteiger partial charge < -0.3 is 9.84 Å². The minimum atomic E-state index is -0.0701. The minimum absolute atomic E-state index is 0.0701. The summed E-state index contributed by atoms with van der Waals surface area (Å²) in [5.41, 5.74) is 1.02. The Bertz CT molecular complexity index is 520. The topological polar surface area (TPSA) is 35.9 Å². The zero-order valence-electron chi connectivity index (χ0n) is 13.0. The zero-order valence-corrected chi connectivity index (χ0v) is 13.8. The highest BCUT2D eigenvalue weighted by Crippen LogP contribution is 2.20. The second kappa shape index (κ2) is 8.09. The Morgan fingerprint density at radius 1 is 1.23 bits per heavy atom. The van der Waals surface area contributed by atoms with Gasteiger partial charge in [-0.15, -0.1) is 11.3 Å². The number of aliphatic hydroxyl groups excluding tert-OH is 1. The summed E-state index contributed by atoms with van der Waals surface area (Å²) >= 11 is 1.77. The molecule has 2 aliphatic heterocycles. The maximum atomic E-state index is 8.74. The van der Waals surface area contributed by atoms with E-state index in [1.54, 1.807) is 11.3 Å². The fraction of sp³-hybridized carbons (Fsp3) is 0.647. The molecule has 2 saturated heterocycles. The third-order valence-corrected chi connectivity index (χ3v) is 5.38. The van der Waals surface area contributed by atoms with Gasteiger partial charge in [-0.1, -0.05) is 11.8 Å².